The first-order chi connectivity index (χ1) is 29.6. The number of hydrogen-bond acceptors (Lipinski definition) is 11. The van der Waals surface area contributed by atoms with Gasteiger partial charge in [0.15, 0.2) is 17.6 Å². The molecule has 0 aliphatic rings. The number of carbonyl (C=O) groups excluding carboxylic acids is 6. The van der Waals surface area contributed by atoms with E-state index in [9.17, 15) is 38.7 Å². The average Bonchev–Trinajstić information content (AvgIpc) is 3.25. The highest BCUT2D eigenvalue weighted by Crippen LogP contribution is 2.39. The number of nitrogens with one attached hydrogen (secondary N) is 5. The number of hydrogen-bond donors (Lipinski definition) is 8. The van der Waals surface area contributed by atoms with E-state index in [1.54, 1.807) is 13.8 Å². The number of nitriles is 1. The minimum atomic E-state index is -1.63. The number of carboxylic acids is 1. The monoisotopic (exact) mass is 841 g/mol. The van der Waals surface area contributed by atoms with Crippen molar-refractivity contribution < 1.29 is 53.2 Å². The van der Waals surface area contributed by atoms with Gasteiger partial charge in [-0.05, 0) is 123 Å². The van der Waals surface area contributed by atoms with Crippen LogP contribution in [0.1, 0.15) is 71.2 Å². The molecule has 0 spiro atoms. The lowest BCUT2D eigenvalue weighted by Gasteiger charge is -2.24. The van der Waals surface area contributed by atoms with Gasteiger partial charge in [-0.3, -0.25) is 28.8 Å². The van der Waals surface area contributed by atoms with Gasteiger partial charge in [0.05, 0.1) is 34.6 Å². The third kappa shape index (κ3) is 11.1. The summed E-state index contributed by atoms with van der Waals surface area (Å²) in [5.74, 6) is -6.46. The third-order valence-electron chi connectivity index (χ3n) is 8.87. The van der Waals surface area contributed by atoms with Crippen LogP contribution in [0, 0.1) is 11.3 Å². The minimum Gasteiger partial charge on any atom is -0.504 e. The summed E-state index contributed by atoms with van der Waals surface area (Å²) in [6.45, 7) is 3.34. The second-order valence-electron chi connectivity index (χ2n) is 13.6. The number of nitrogens with zero attached hydrogens (tertiary/aromatic N) is 1. The van der Waals surface area contributed by atoms with Crippen molar-refractivity contribution in [1.82, 2.24) is 5.32 Å². The number of nitrogens with two attached hydrogens (primary N) is 1. The largest absolute Gasteiger partial charge is 0.504 e. The lowest BCUT2D eigenvalue weighted by Crippen LogP contribution is -2.56. The Morgan fingerprint density at radius 3 is 1.58 bits per heavy atom. The van der Waals surface area contributed by atoms with Gasteiger partial charge >= 0.3 is 5.97 Å². The summed E-state index contributed by atoms with van der Waals surface area (Å²) in [5, 5.41) is 42.1. The smallest absolute Gasteiger partial charge is 0.335 e. The number of aromatic carboxylic acids is 1. The molecule has 0 radical (unpaired) electrons. The first-order valence-corrected chi connectivity index (χ1v) is 18.5. The van der Waals surface area contributed by atoms with Gasteiger partial charge in [0, 0.05) is 40.9 Å². The van der Waals surface area contributed by atoms with Crippen molar-refractivity contribution >= 4 is 64.2 Å². The van der Waals surface area contributed by atoms with Gasteiger partial charge in [0.2, 0.25) is 11.8 Å². The molecule has 5 aromatic rings. The molecule has 0 saturated heterocycles. The Kier molecular flexibility index (Phi) is 14.3. The zero-order chi connectivity index (χ0) is 45.1. The number of aromatic hydroxyl groups is 1. The maximum absolute atomic E-state index is 13.5. The van der Waals surface area contributed by atoms with Crippen LogP contribution in [0.3, 0.4) is 0 Å². The lowest BCUT2D eigenvalue weighted by molar-refractivity contribution is -0.134. The van der Waals surface area contributed by atoms with Gasteiger partial charge < -0.3 is 52.0 Å². The molecule has 0 aromatic heterocycles. The number of phenolic OH excluding ortho intramolecular Hbond substituents is 1. The number of primary amides is 1. The first-order valence-electron chi connectivity index (χ1n) is 18.5. The Hall–Kier alpha value is -8.56. The summed E-state index contributed by atoms with van der Waals surface area (Å²) >= 11 is 0. The summed E-state index contributed by atoms with van der Waals surface area (Å²) in [7, 11) is 1.13. The Balaban J connectivity index is 1.25. The summed E-state index contributed by atoms with van der Waals surface area (Å²) in [6.07, 6.45) is -2.10. The van der Waals surface area contributed by atoms with Crippen LogP contribution >= 0.6 is 0 Å². The Labute approximate surface area is 353 Å². The second kappa shape index (κ2) is 19.9. The van der Waals surface area contributed by atoms with Crippen molar-refractivity contribution in [2.45, 2.75) is 32.1 Å². The molecule has 0 aliphatic carbocycles. The van der Waals surface area contributed by atoms with Crippen LogP contribution in [0.4, 0.5) is 22.7 Å². The molecule has 5 aromatic carbocycles. The highest BCUT2D eigenvalue weighted by molar-refractivity contribution is 6.10. The molecule has 0 heterocycles. The van der Waals surface area contributed by atoms with Gasteiger partial charge in [-0.15, -0.1) is 0 Å². The summed E-state index contributed by atoms with van der Waals surface area (Å²) < 4.78 is 10.9. The maximum Gasteiger partial charge on any atom is 0.335 e. The highest BCUT2D eigenvalue weighted by atomic mass is 16.5. The van der Waals surface area contributed by atoms with Crippen LogP contribution in [0.25, 0.3) is 0 Å². The van der Waals surface area contributed by atoms with Gasteiger partial charge in [-0.1, -0.05) is 0 Å². The zero-order valence-corrected chi connectivity index (χ0v) is 33.2. The van der Waals surface area contributed by atoms with Gasteiger partial charge in [0.25, 0.3) is 23.6 Å². The predicted octanol–water partition coefficient (Wildman–Crippen LogP) is 4.74. The van der Waals surface area contributed by atoms with Gasteiger partial charge in [-0.25, -0.2) is 4.79 Å². The average molecular weight is 842 g/mol. The molecule has 0 bridgehead atoms. The highest BCUT2D eigenvalue weighted by Gasteiger charge is 2.34. The van der Waals surface area contributed by atoms with Crippen molar-refractivity contribution in [3.05, 3.63) is 143 Å². The molecular weight excluding hydrogens is 803 g/mol. The van der Waals surface area contributed by atoms with Crippen LogP contribution in [0.15, 0.2) is 109 Å². The standard InChI is InChI=1S/C44H39N7O11/c1-23(2)62-36-33(21-20-32(35(36)52)42(57)48-30-18-12-28(13-19-30)44(59)60)50-40(55)26-8-16-31(17-9-26)49-43(58)34(37(61-3)38(46)53)51-41(56)27-10-14-29(15-11-27)47-39(54)25-6-4-24(22-45)5-7-25/h4-21,23,34,37,52H,1-3H3,(H2,46,53)(H,47,54)(H,48,57)(H,49,58)(H,50,55)(H,51,56)(H,59,60). The molecule has 9 N–H and O–H groups in total. The SMILES string of the molecule is COC(C(N)=O)C(NC(=O)c1ccc(NC(=O)c2ccc(C#N)cc2)cc1)C(=O)Nc1ccc(C(=O)Nc2ccc(C(=O)Nc3ccc(C(=O)O)cc3)c(O)c2OC(C)C)cc1. The molecule has 0 saturated carbocycles. The quantitative estimate of drug-likeness (QED) is 0.0669. The fourth-order valence-corrected chi connectivity index (χ4v) is 5.75. The Morgan fingerprint density at radius 1 is 0.629 bits per heavy atom. The molecule has 5 rings (SSSR count). The van der Waals surface area contributed by atoms with E-state index in [2.05, 4.69) is 26.6 Å². The van der Waals surface area contributed by atoms with E-state index in [0.717, 1.165) is 7.11 Å². The molecule has 2 unspecified atom stereocenters. The number of carboxylic acid groups (broad SMARTS) is 1. The normalized spacial score (nSPS) is 11.5. The van der Waals surface area contributed by atoms with Gasteiger partial charge in [0.1, 0.15) is 6.04 Å². The molecule has 316 valence electrons. The van der Waals surface area contributed by atoms with E-state index >= 15 is 0 Å². The van der Waals surface area contributed by atoms with E-state index < -0.39 is 65.4 Å². The minimum absolute atomic E-state index is 0.0154. The van der Waals surface area contributed by atoms with Crippen LogP contribution < -0.4 is 37.1 Å². The van der Waals surface area contributed by atoms with Crippen molar-refractivity contribution in [3.63, 3.8) is 0 Å². The number of carbonyl (C=O) groups is 7. The Bertz CT molecular complexity index is 2550. The van der Waals surface area contributed by atoms with E-state index in [-0.39, 0.29) is 45.1 Å². The summed E-state index contributed by atoms with van der Waals surface area (Å²) in [4.78, 5) is 89.3. The second-order valence-corrected chi connectivity index (χ2v) is 13.6. The number of phenols is 1. The summed E-state index contributed by atoms with van der Waals surface area (Å²) in [5.41, 5.74) is 6.97. The van der Waals surface area contributed by atoms with Crippen molar-refractivity contribution in [2.24, 2.45) is 5.73 Å². The zero-order valence-electron chi connectivity index (χ0n) is 33.2. The molecular formula is C44H39N7O11. The van der Waals surface area contributed by atoms with Crippen molar-refractivity contribution in [2.75, 3.05) is 28.4 Å². The number of ether oxygens (including phenoxy) is 2. The molecule has 0 fully saturated rings. The number of rotatable bonds is 16. The molecule has 62 heavy (non-hydrogen) atoms. The van der Waals surface area contributed by atoms with E-state index in [4.69, 9.17) is 25.6 Å². The molecule has 2 atom stereocenters. The Morgan fingerprint density at radius 2 is 1.10 bits per heavy atom. The van der Waals surface area contributed by atoms with Crippen LogP contribution in [-0.4, -0.2) is 77.0 Å². The van der Waals surface area contributed by atoms with Crippen LogP contribution in [0.5, 0.6) is 11.5 Å². The maximum atomic E-state index is 13.5. The first kappa shape index (κ1) is 44.5. The van der Waals surface area contributed by atoms with E-state index in [0.29, 0.717) is 16.8 Å². The molecule has 0 aliphatic heterocycles. The molecule has 6 amide bonds. The van der Waals surface area contributed by atoms with E-state index in [1.165, 1.54) is 109 Å². The van der Waals surface area contributed by atoms with E-state index in [1.807, 2.05) is 6.07 Å². The third-order valence-corrected chi connectivity index (χ3v) is 8.87. The fraction of sp³-hybridized carbons (Fsp3) is 0.136. The van der Waals surface area contributed by atoms with Gasteiger partial charge in [-0.2, -0.15) is 5.26 Å². The van der Waals surface area contributed by atoms with Crippen LogP contribution in [0.2, 0.25) is 0 Å². The van der Waals surface area contributed by atoms with Crippen molar-refractivity contribution in [1.29, 1.82) is 5.26 Å². The fourth-order valence-electron chi connectivity index (χ4n) is 5.75. The number of benzene rings is 5. The molecule has 18 nitrogen and oxygen atoms in total. The molecule has 18 heteroatoms. The predicted molar refractivity (Wildman–Crippen MR) is 225 cm³/mol. The number of anilines is 4. The lowest BCUT2D eigenvalue weighted by atomic mass is 10.1. The summed E-state index contributed by atoms with van der Waals surface area (Å²) in [6, 6.07) is 25.5. The number of amides is 6. The number of methoxy groups -OCH3 is 1. The van der Waals surface area contributed by atoms with Crippen molar-refractivity contribution in [3.8, 4) is 17.6 Å². The van der Waals surface area contributed by atoms with Crippen LogP contribution in [-0.2, 0) is 14.3 Å². The topological polar surface area (TPSA) is 288 Å².